The number of hydrogen-bond acceptors (Lipinski definition) is 2. The minimum absolute atomic E-state index is 0.0527. The van der Waals surface area contributed by atoms with Gasteiger partial charge >= 0.3 is 6.03 Å². The average molecular weight is 208 g/mol. The Balaban J connectivity index is 2.33. The Labute approximate surface area is 80.9 Å². The Morgan fingerprint density at radius 3 is 2.64 bits per heavy atom. The van der Waals surface area contributed by atoms with Crippen LogP contribution >= 0.6 is 0 Å². The van der Waals surface area contributed by atoms with Crippen LogP contribution in [0.3, 0.4) is 0 Å². The molecule has 6 heteroatoms. The summed E-state index contributed by atoms with van der Waals surface area (Å²) in [6.45, 7) is -0.979. The van der Waals surface area contributed by atoms with Crippen molar-refractivity contribution in [3.8, 4) is 0 Å². The van der Waals surface area contributed by atoms with E-state index < -0.39 is 19.0 Å². The van der Waals surface area contributed by atoms with E-state index in [4.69, 9.17) is 5.11 Å². The first-order chi connectivity index (χ1) is 6.63. The fraction of sp³-hybridized carbons (Fsp3) is 0.875. The van der Waals surface area contributed by atoms with Gasteiger partial charge in [-0.1, -0.05) is 0 Å². The standard InChI is InChI=1S/C8H14F2N2O2/c9-7(10)5-12(3-4-13)8(14)11-6-1-2-6/h6-7,13H,1-5H2,(H,11,14). The minimum Gasteiger partial charge on any atom is -0.395 e. The molecule has 0 aromatic carbocycles. The number of amides is 2. The Morgan fingerprint density at radius 1 is 1.57 bits per heavy atom. The maximum absolute atomic E-state index is 12.0. The van der Waals surface area contributed by atoms with Gasteiger partial charge in [-0.15, -0.1) is 0 Å². The molecule has 1 fully saturated rings. The number of rotatable bonds is 5. The fourth-order valence-electron chi connectivity index (χ4n) is 1.06. The van der Waals surface area contributed by atoms with E-state index in [0.29, 0.717) is 0 Å². The first-order valence-electron chi connectivity index (χ1n) is 4.58. The van der Waals surface area contributed by atoms with E-state index in [2.05, 4.69) is 5.32 Å². The van der Waals surface area contributed by atoms with Gasteiger partial charge in [0, 0.05) is 12.6 Å². The van der Waals surface area contributed by atoms with Gasteiger partial charge in [0.1, 0.15) is 0 Å². The molecule has 0 spiro atoms. The lowest BCUT2D eigenvalue weighted by Gasteiger charge is -2.21. The summed E-state index contributed by atoms with van der Waals surface area (Å²) >= 11 is 0. The van der Waals surface area contributed by atoms with Crippen LogP contribution in [-0.2, 0) is 0 Å². The van der Waals surface area contributed by atoms with Crippen molar-refractivity contribution in [2.45, 2.75) is 25.3 Å². The molecule has 2 amide bonds. The van der Waals surface area contributed by atoms with Crippen LogP contribution < -0.4 is 5.32 Å². The summed E-state index contributed by atoms with van der Waals surface area (Å²) in [4.78, 5) is 12.2. The highest BCUT2D eigenvalue weighted by Gasteiger charge is 2.26. The van der Waals surface area contributed by atoms with Crippen molar-refractivity contribution in [3.63, 3.8) is 0 Å². The van der Waals surface area contributed by atoms with Crippen LogP contribution in [0.5, 0.6) is 0 Å². The lowest BCUT2D eigenvalue weighted by Crippen LogP contribution is -2.44. The second-order valence-corrected chi connectivity index (χ2v) is 3.28. The molecular weight excluding hydrogens is 194 g/mol. The van der Waals surface area contributed by atoms with Gasteiger partial charge in [0.2, 0.25) is 0 Å². The van der Waals surface area contributed by atoms with E-state index in [1.807, 2.05) is 0 Å². The first kappa shape index (κ1) is 11.2. The number of aliphatic hydroxyl groups excluding tert-OH is 1. The number of carbonyl (C=O) groups is 1. The van der Waals surface area contributed by atoms with Crippen molar-refractivity contribution in [3.05, 3.63) is 0 Å². The van der Waals surface area contributed by atoms with Crippen molar-refractivity contribution in [2.75, 3.05) is 19.7 Å². The van der Waals surface area contributed by atoms with Crippen LogP contribution in [0.15, 0.2) is 0 Å². The first-order valence-corrected chi connectivity index (χ1v) is 4.58. The predicted molar refractivity (Wildman–Crippen MR) is 46.2 cm³/mol. The molecule has 0 radical (unpaired) electrons. The van der Waals surface area contributed by atoms with Crippen LogP contribution in [0.25, 0.3) is 0 Å². The molecule has 82 valence electrons. The van der Waals surface area contributed by atoms with Crippen molar-refractivity contribution in [1.29, 1.82) is 0 Å². The molecule has 0 heterocycles. The second kappa shape index (κ2) is 5.09. The summed E-state index contributed by atoms with van der Waals surface area (Å²) in [5, 5.41) is 11.2. The average Bonchev–Trinajstić information content (AvgIpc) is 2.86. The Morgan fingerprint density at radius 2 is 2.21 bits per heavy atom. The molecule has 0 saturated heterocycles. The summed E-state index contributed by atoms with van der Waals surface area (Å²) in [5.74, 6) is 0. The molecule has 4 nitrogen and oxygen atoms in total. The summed E-state index contributed by atoms with van der Waals surface area (Å²) in [6, 6.07) is -0.372. The predicted octanol–water partition coefficient (Wildman–Crippen LogP) is 0.418. The maximum Gasteiger partial charge on any atom is 0.317 e. The number of carbonyl (C=O) groups excluding carboxylic acids is 1. The molecule has 1 saturated carbocycles. The smallest absolute Gasteiger partial charge is 0.317 e. The summed E-state index contributed by atoms with van der Waals surface area (Å²) in [7, 11) is 0. The number of nitrogens with one attached hydrogen (secondary N) is 1. The quantitative estimate of drug-likeness (QED) is 0.688. The normalized spacial score (nSPS) is 15.7. The fourth-order valence-corrected chi connectivity index (χ4v) is 1.06. The van der Waals surface area contributed by atoms with Gasteiger partial charge in [-0.25, -0.2) is 13.6 Å². The van der Waals surface area contributed by atoms with Crippen LogP contribution in [-0.4, -0.2) is 48.2 Å². The third-order valence-electron chi connectivity index (χ3n) is 1.92. The molecular formula is C8H14F2N2O2. The Kier molecular flexibility index (Phi) is 4.06. The van der Waals surface area contributed by atoms with E-state index in [9.17, 15) is 13.6 Å². The van der Waals surface area contributed by atoms with E-state index in [0.717, 1.165) is 17.7 Å². The topological polar surface area (TPSA) is 52.6 Å². The highest BCUT2D eigenvalue weighted by Crippen LogP contribution is 2.18. The number of hydrogen-bond donors (Lipinski definition) is 2. The zero-order valence-electron chi connectivity index (χ0n) is 7.75. The van der Waals surface area contributed by atoms with Crippen LogP contribution in [0, 0.1) is 0 Å². The molecule has 0 atom stereocenters. The summed E-state index contributed by atoms with van der Waals surface area (Å²) in [5.41, 5.74) is 0. The van der Waals surface area contributed by atoms with Gasteiger partial charge in [-0.2, -0.15) is 0 Å². The lowest BCUT2D eigenvalue weighted by molar-refractivity contribution is 0.0902. The molecule has 1 rings (SSSR count). The van der Waals surface area contributed by atoms with Crippen molar-refractivity contribution in [1.82, 2.24) is 10.2 Å². The van der Waals surface area contributed by atoms with E-state index in [1.165, 1.54) is 0 Å². The van der Waals surface area contributed by atoms with Gasteiger partial charge in [0.15, 0.2) is 0 Å². The molecule has 0 bridgehead atoms. The number of urea groups is 1. The van der Waals surface area contributed by atoms with Crippen LogP contribution in [0.1, 0.15) is 12.8 Å². The van der Waals surface area contributed by atoms with E-state index in [1.54, 1.807) is 0 Å². The van der Waals surface area contributed by atoms with Crippen LogP contribution in [0.4, 0.5) is 13.6 Å². The largest absolute Gasteiger partial charge is 0.395 e. The van der Waals surface area contributed by atoms with Gasteiger partial charge in [0.25, 0.3) is 6.43 Å². The number of alkyl halides is 2. The number of aliphatic hydroxyl groups is 1. The van der Waals surface area contributed by atoms with Crippen molar-refractivity contribution in [2.24, 2.45) is 0 Å². The highest BCUT2D eigenvalue weighted by atomic mass is 19.3. The number of nitrogens with zero attached hydrogens (tertiary/aromatic N) is 1. The van der Waals surface area contributed by atoms with E-state index >= 15 is 0 Å². The molecule has 0 aliphatic heterocycles. The molecule has 1 aliphatic rings. The monoisotopic (exact) mass is 208 g/mol. The summed E-state index contributed by atoms with van der Waals surface area (Å²) in [6.07, 6.45) is -0.743. The van der Waals surface area contributed by atoms with Crippen molar-refractivity contribution < 1.29 is 18.7 Å². The minimum atomic E-state index is -2.56. The zero-order valence-corrected chi connectivity index (χ0v) is 7.75. The summed E-state index contributed by atoms with van der Waals surface area (Å²) < 4.78 is 24.0. The Hall–Kier alpha value is -0.910. The van der Waals surface area contributed by atoms with Gasteiger partial charge in [-0.3, -0.25) is 0 Å². The Bertz CT molecular complexity index is 198. The highest BCUT2D eigenvalue weighted by molar-refractivity contribution is 5.74. The van der Waals surface area contributed by atoms with Crippen molar-refractivity contribution >= 4 is 6.03 Å². The molecule has 0 aromatic rings. The lowest BCUT2D eigenvalue weighted by atomic mass is 10.5. The molecule has 0 unspecified atom stereocenters. The SMILES string of the molecule is O=C(NC1CC1)N(CCO)CC(F)F. The molecule has 0 aromatic heterocycles. The second-order valence-electron chi connectivity index (χ2n) is 3.28. The number of halogens is 2. The van der Waals surface area contributed by atoms with Gasteiger partial charge in [-0.05, 0) is 12.8 Å². The van der Waals surface area contributed by atoms with E-state index in [-0.39, 0.29) is 19.2 Å². The third-order valence-corrected chi connectivity index (χ3v) is 1.92. The van der Waals surface area contributed by atoms with Gasteiger partial charge in [0.05, 0.1) is 13.2 Å². The molecule has 2 N–H and O–H groups in total. The molecule has 14 heavy (non-hydrogen) atoms. The third kappa shape index (κ3) is 3.87. The molecule has 1 aliphatic carbocycles. The maximum atomic E-state index is 12.0. The van der Waals surface area contributed by atoms with Gasteiger partial charge < -0.3 is 15.3 Å². The zero-order chi connectivity index (χ0) is 10.6. The van der Waals surface area contributed by atoms with Crippen LogP contribution in [0.2, 0.25) is 0 Å².